The van der Waals surface area contributed by atoms with E-state index in [1.807, 2.05) is 25.1 Å². The van der Waals surface area contributed by atoms with E-state index in [0.29, 0.717) is 35.4 Å². The summed E-state index contributed by atoms with van der Waals surface area (Å²) in [6.45, 7) is 3.06. The average Bonchev–Trinajstić information content (AvgIpc) is 2.60. The molecule has 0 saturated heterocycles. The molecule has 0 aromatic heterocycles. The highest BCUT2D eigenvalue weighted by atomic mass is 35.5. The lowest BCUT2D eigenvalue weighted by Crippen LogP contribution is -2.28. The maximum absolute atomic E-state index is 11.9. The molecule has 0 fully saturated rings. The van der Waals surface area contributed by atoms with E-state index in [1.165, 1.54) is 0 Å². The van der Waals surface area contributed by atoms with E-state index in [9.17, 15) is 4.79 Å². The molecule has 0 unspecified atom stereocenters. The summed E-state index contributed by atoms with van der Waals surface area (Å²) in [5.74, 6) is 1.36. The van der Waals surface area contributed by atoms with Crippen molar-refractivity contribution in [3.63, 3.8) is 0 Å². The van der Waals surface area contributed by atoms with Crippen molar-refractivity contribution in [1.29, 1.82) is 0 Å². The summed E-state index contributed by atoms with van der Waals surface area (Å²) in [6.07, 6.45) is 0.928. The molecule has 0 spiro atoms. The summed E-state index contributed by atoms with van der Waals surface area (Å²) in [5, 5.41) is 6.16. The standard InChI is InChI=1S/C18H21ClN2O3/c1-3-10-24-16-9-4-13(11-17(16)23-2)12-20-18(22)21-15-7-5-14(19)6-8-15/h4-9,11H,3,10,12H2,1-2H3,(H2,20,21,22). The molecule has 2 rings (SSSR count). The molecule has 0 aliphatic heterocycles. The Morgan fingerprint density at radius 3 is 2.54 bits per heavy atom. The van der Waals surface area contributed by atoms with Gasteiger partial charge in [0.15, 0.2) is 11.5 Å². The quantitative estimate of drug-likeness (QED) is 0.776. The number of rotatable bonds is 7. The topological polar surface area (TPSA) is 59.6 Å². The summed E-state index contributed by atoms with van der Waals surface area (Å²) < 4.78 is 10.9. The van der Waals surface area contributed by atoms with Crippen LogP contribution in [0.4, 0.5) is 10.5 Å². The number of nitrogens with one attached hydrogen (secondary N) is 2. The number of benzene rings is 2. The lowest BCUT2D eigenvalue weighted by molar-refractivity contribution is 0.251. The molecule has 128 valence electrons. The maximum Gasteiger partial charge on any atom is 0.319 e. The van der Waals surface area contributed by atoms with E-state index in [-0.39, 0.29) is 6.03 Å². The van der Waals surface area contributed by atoms with Gasteiger partial charge < -0.3 is 20.1 Å². The molecule has 2 N–H and O–H groups in total. The van der Waals surface area contributed by atoms with Gasteiger partial charge in [-0.15, -0.1) is 0 Å². The summed E-state index contributed by atoms with van der Waals surface area (Å²) in [5.41, 5.74) is 1.60. The summed E-state index contributed by atoms with van der Waals surface area (Å²) in [6, 6.07) is 12.2. The Kier molecular flexibility index (Phi) is 6.75. The third-order valence-corrected chi connectivity index (χ3v) is 3.50. The van der Waals surface area contributed by atoms with Gasteiger partial charge in [-0.1, -0.05) is 24.6 Å². The first-order valence-corrected chi connectivity index (χ1v) is 8.10. The van der Waals surface area contributed by atoms with Crippen molar-refractivity contribution in [3.8, 4) is 11.5 Å². The summed E-state index contributed by atoms with van der Waals surface area (Å²) >= 11 is 5.81. The van der Waals surface area contributed by atoms with E-state index in [0.717, 1.165) is 12.0 Å². The molecule has 0 aliphatic rings. The van der Waals surface area contributed by atoms with Crippen molar-refractivity contribution >= 4 is 23.3 Å². The second kappa shape index (κ2) is 9.03. The van der Waals surface area contributed by atoms with Crippen molar-refractivity contribution in [3.05, 3.63) is 53.1 Å². The van der Waals surface area contributed by atoms with Gasteiger partial charge in [-0.3, -0.25) is 0 Å². The van der Waals surface area contributed by atoms with Gasteiger partial charge in [0.25, 0.3) is 0 Å². The van der Waals surface area contributed by atoms with Crippen molar-refractivity contribution in [2.24, 2.45) is 0 Å². The monoisotopic (exact) mass is 348 g/mol. The first-order valence-electron chi connectivity index (χ1n) is 7.72. The first-order chi connectivity index (χ1) is 11.6. The molecule has 0 aliphatic carbocycles. The van der Waals surface area contributed by atoms with Crippen LogP contribution in [-0.2, 0) is 6.54 Å². The molecule has 0 saturated carbocycles. The lowest BCUT2D eigenvalue weighted by atomic mass is 10.2. The second-order valence-electron chi connectivity index (χ2n) is 5.15. The highest BCUT2D eigenvalue weighted by Crippen LogP contribution is 2.28. The first kappa shape index (κ1) is 17.9. The number of carbonyl (C=O) groups excluding carboxylic acids is 1. The van der Waals surface area contributed by atoms with Gasteiger partial charge in [0.05, 0.1) is 13.7 Å². The Bertz CT molecular complexity index is 674. The fraction of sp³-hybridized carbons (Fsp3) is 0.278. The van der Waals surface area contributed by atoms with Gasteiger partial charge in [0, 0.05) is 17.3 Å². The molecule has 6 heteroatoms. The Morgan fingerprint density at radius 1 is 1.12 bits per heavy atom. The van der Waals surface area contributed by atoms with Crippen LogP contribution in [0.1, 0.15) is 18.9 Å². The Hall–Kier alpha value is -2.40. The molecule has 0 bridgehead atoms. The normalized spacial score (nSPS) is 10.1. The SMILES string of the molecule is CCCOc1ccc(CNC(=O)Nc2ccc(Cl)cc2)cc1OC. The number of amides is 2. The molecule has 2 aromatic rings. The van der Waals surface area contributed by atoms with Gasteiger partial charge in [-0.25, -0.2) is 4.79 Å². The van der Waals surface area contributed by atoms with Crippen molar-refractivity contribution in [1.82, 2.24) is 5.32 Å². The molecule has 0 radical (unpaired) electrons. The van der Waals surface area contributed by atoms with E-state index in [2.05, 4.69) is 10.6 Å². The smallest absolute Gasteiger partial charge is 0.319 e. The van der Waals surface area contributed by atoms with Crippen LogP contribution in [0.3, 0.4) is 0 Å². The Balaban J connectivity index is 1.91. The van der Waals surface area contributed by atoms with E-state index in [1.54, 1.807) is 31.4 Å². The van der Waals surface area contributed by atoms with Crippen LogP contribution in [-0.4, -0.2) is 19.7 Å². The fourth-order valence-electron chi connectivity index (χ4n) is 2.04. The van der Waals surface area contributed by atoms with Crippen LogP contribution in [0.5, 0.6) is 11.5 Å². The van der Waals surface area contributed by atoms with Crippen LogP contribution in [0.25, 0.3) is 0 Å². The van der Waals surface area contributed by atoms with Crippen molar-refractivity contribution in [2.45, 2.75) is 19.9 Å². The predicted molar refractivity (Wildman–Crippen MR) is 96.1 cm³/mol. The highest BCUT2D eigenvalue weighted by Gasteiger charge is 2.07. The number of halogens is 1. The summed E-state index contributed by atoms with van der Waals surface area (Å²) in [4.78, 5) is 11.9. The minimum atomic E-state index is -0.289. The molecule has 0 atom stereocenters. The molecule has 24 heavy (non-hydrogen) atoms. The van der Waals surface area contributed by atoms with E-state index >= 15 is 0 Å². The molecular formula is C18H21ClN2O3. The Labute approximate surface area is 146 Å². The number of anilines is 1. The number of hydrogen-bond acceptors (Lipinski definition) is 3. The van der Waals surface area contributed by atoms with E-state index in [4.69, 9.17) is 21.1 Å². The number of urea groups is 1. The number of methoxy groups -OCH3 is 1. The summed E-state index contributed by atoms with van der Waals surface area (Å²) in [7, 11) is 1.60. The van der Waals surface area contributed by atoms with E-state index < -0.39 is 0 Å². The Morgan fingerprint density at radius 2 is 1.88 bits per heavy atom. The van der Waals surface area contributed by atoms with Crippen LogP contribution in [0, 0.1) is 0 Å². The third kappa shape index (κ3) is 5.35. The maximum atomic E-state index is 11.9. The van der Waals surface area contributed by atoms with Gasteiger partial charge in [-0.05, 0) is 48.4 Å². The largest absolute Gasteiger partial charge is 0.493 e. The van der Waals surface area contributed by atoms with Crippen LogP contribution in [0.15, 0.2) is 42.5 Å². The fourth-order valence-corrected chi connectivity index (χ4v) is 2.17. The zero-order valence-electron chi connectivity index (χ0n) is 13.8. The molecule has 2 aromatic carbocycles. The number of carbonyl (C=O) groups is 1. The van der Waals surface area contributed by atoms with Crippen LogP contribution >= 0.6 is 11.6 Å². The molecule has 2 amide bonds. The van der Waals surface area contributed by atoms with Gasteiger partial charge in [0.1, 0.15) is 0 Å². The second-order valence-corrected chi connectivity index (χ2v) is 5.58. The van der Waals surface area contributed by atoms with Gasteiger partial charge >= 0.3 is 6.03 Å². The average molecular weight is 349 g/mol. The highest BCUT2D eigenvalue weighted by molar-refractivity contribution is 6.30. The molecular weight excluding hydrogens is 328 g/mol. The minimum absolute atomic E-state index is 0.289. The third-order valence-electron chi connectivity index (χ3n) is 3.24. The van der Waals surface area contributed by atoms with Crippen molar-refractivity contribution < 1.29 is 14.3 Å². The van der Waals surface area contributed by atoms with Gasteiger partial charge in [0.2, 0.25) is 0 Å². The minimum Gasteiger partial charge on any atom is -0.493 e. The molecule has 0 heterocycles. The zero-order chi connectivity index (χ0) is 17.4. The van der Waals surface area contributed by atoms with Gasteiger partial charge in [-0.2, -0.15) is 0 Å². The zero-order valence-corrected chi connectivity index (χ0v) is 14.5. The predicted octanol–water partition coefficient (Wildman–Crippen LogP) is 4.46. The van der Waals surface area contributed by atoms with Crippen LogP contribution < -0.4 is 20.1 Å². The number of hydrogen-bond donors (Lipinski definition) is 2. The molecule has 5 nitrogen and oxygen atoms in total. The number of ether oxygens (including phenoxy) is 2. The van der Waals surface area contributed by atoms with Crippen LogP contribution in [0.2, 0.25) is 5.02 Å². The lowest BCUT2D eigenvalue weighted by Gasteiger charge is -2.12. The van der Waals surface area contributed by atoms with Crippen molar-refractivity contribution in [2.75, 3.05) is 19.0 Å².